The lowest BCUT2D eigenvalue weighted by molar-refractivity contribution is -0.437. The van der Waals surface area contributed by atoms with Crippen LogP contribution in [-0.2, 0) is 40.6 Å². The fourth-order valence-electron chi connectivity index (χ4n) is 6.50. The molecule has 2 aromatic heterocycles. The van der Waals surface area contributed by atoms with E-state index in [2.05, 4.69) is 15.6 Å². The summed E-state index contributed by atoms with van der Waals surface area (Å²) in [5, 5.41) is 16.5. The van der Waals surface area contributed by atoms with E-state index in [1.165, 1.54) is 23.5 Å². The molecule has 0 radical (unpaired) electrons. The Hall–Kier alpha value is -3.86. The molecule has 21 heteroatoms. The zero-order valence-corrected chi connectivity index (χ0v) is 32.8. The Morgan fingerprint density at radius 1 is 0.815 bits per heavy atom. The highest BCUT2D eigenvalue weighted by Crippen LogP contribution is 2.50. The molecule has 2 amide bonds. The normalized spacial score (nSPS) is 16.1. The van der Waals surface area contributed by atoms with Crippen LogP contribution in [-0.4, -0.2) is 114 Å². The second kappa shape index (κ2) is 17.3. The summed E-state index contributed by atoms with van der Waals surface area (Å²) >= 11 is 1.35. The van der Waals surface area contributed by atoms with Gasteiger partial charge in [0.05, 0.1) is 28.1 Å². The molecular weight excluding hydrogens is 789 g/mol. The molecule has 1 atom stereocenters. The highest BCUT2D eigenvalue weighted by atomic mass is 32.2. The number of hydrogen-bond donors (Lipinski definition) is 6. The summed E-state index contributed by atoms with van der Waals surface area (Å²) in [6, 6.07) is 6.63. The van der Waals surface area contributed by atoms with Crippen LogP contribution in [0.25, 0.3) is 21.2 Å². The van der Waals surface area contributed by atoms with Crippen LogP contribution in [0, 0.1) is 0 Å². The van der Waals surface area contributed by atoms with E-state index in [1.54, 1.807) is 0 Å². The average Bonchev–Trinajstić information content (AvgIpc) is 3.62. The Balaban J connectivity index is 1.83. The van der Waals surface area contributed by atoms with Gasteiger partial charge in [0, 0.05) is 48.7 Å². The molecule has 3 heterocycles. The number of carbonyl (C=O) groups excluding carboxylic acids is 2. The number of benzene rings is 1. The molecule has 6 N–H and O–H groups in total. The van der Waals surface area contributed by atoms with Crippen LogP contribution in [0.15, 0.2) is 29.6 Å². The maximum atomic E-state index is 13.4. The summed E-state index contributed by atoms with van der Waals surface area (Å²) in [5.74, 6) is -4.13. The van der Waals surface area contributed by atoms with Crippen molar-refractivity contribution in [2.24, 2.45) is 0 Å². The maximum absolute atomic E-state index is 13.4. The molecule has 1 aromatic carbocycles. The van der Waals surface area contributed by atoms with E-state index in [-0.39, 0.29) is 50.2 Å². The topological polar surface area (TPSA) is 275 Å². The van der Waals surface area contributed by atoms with E-state index in [4.69, 9.17) is 9.66 Å². The van der Waals surface area contributed by atoms with Gasteiger partial charge in [-0.1, -0.05) is 6.42 Å². The smallest absolute Gasteiger partial charge is 0.303 e. The minimum Gasteiger partial charge on any atom is -0.481 e. The van der Waals surface area contributed by atoms with Crippen molar-refractivity contribution in [1.82, 2.24) is 15.6 Å². The van der Waals surface area contributed by atoms with Gasteiger partial charge in [0.1, 0.15) is 17.9 Å². The van der Waals surface area contributed by atoms with Crippen LogP contribution in [0.5, 0.6) is 0 Å². The number of carbonyl (C=O) groups is 3. The Bertz CT molecular complexity index is 2300. The second-order valence-electron chi connectivity index (χ2n) is 13.2. The van der Waals surface area contributed by atoms with E-state index < -0.39 is 77.4 Å². The molecule has 4 rings (SSSR count). The van der Waals surface area contributed by atoms with Crippen molar-refractivity contribution in [3.63, 3.8) is 0 Å². The van der Waals surface area contributed by atoms with Crippen molar-refractivity contribution in [3.8, 4) is 11.1 Å². The molecule has 1 unspecified atom stereocenters. The van der Waals surface area contributed by atoms with Crippen molar-refractivity contribution in [1.29, 1.82) is 0 Å². The lowest BCUT2D eigenvalue weighted by atomic mass is 9.75. The summed E-state index contributed by atoms with van der Waals surface area (Å²) < 4.78 is 99.7. The number of nitrogens with one attached hydrogen (secondary N) is 2. The minimum atomic E-state index is -4.39. The van der Waals surface area contributed by atoms with Gasteiger partial charge in [-0.05, 0) is 67.8 Å². The first-order valence-electron chi connectivity index (χ1n) is 16.9. The highest BCUT2D eigenvalue weighted by Gasteiger charge is 2.47. The maximum Gasteiger partial charge on any atom is 0.303 e. The molecule has 0 bridgehead atoms. The predicted molar refractivity (Wildman–Crippen MR) is 202 cm³/mol. The van der Waals surface area contributed by atoms with Crippen LogP contribution in [0.3, 0.4) is 0 Å². The van der Waals surface area contributed by atoms with Gasteiger partial charge in [0.2, 0.25) is 5.69 Å². The number of carboxylic acid groups (broad SMARTS) is 1. The third kappa shape index (κ3) is 11.3. The first kappa shape index (κ1) is 42.9. The third-order valence-corrected chi connectivity index (χ3v) is 12.5. The Kier molecular flexibility index (Phi) is 13.7. The fourth-order valence-corrected chi connectivity index (χ4v) is 8.79. The van der Waals surface area contributed by atoms with Crippen molar-refractivity contribution in [2.45, 2.75) is 64.2 Å². The lowest BCUT2D eigenvalue weighted by Crippen LogP contribution is -2.31. The Morgan fingerprint density at radius 3 is 2.00 bits per heavy atom. The lowest BCUT2D eigenvalue weighted by Gasteiger charge is -2.23. The SMILES string of the molecule is CC1=[N+](CCCS(=O)(=O)O)c2c(cc(-c3cc(C(=O)NCCCCCC(=O)O)nc(C(=O)NCCS(=O)(=O)O)c3)c3sccc23)C1(C)CCCS(=O)(=O)O. The molecule has 3 aromatic rings. The first-order valence-corrected chi connectivity index (χ1v) is 22.6. The van der Waals surface area contributed by atoms with E-state index in [0.29, 0.717) is 30.4 Å². The molecule has 1 aliphatic heterocycles. The van der Waals surface area contributed by atoms with E-state index in [9.17, 15) is 48.7 Å². The Morgan fingerprint density at radius 2 is 1.41 bits per heavy atom. The summed E-state index contributed by atoms with van der Waals surface area (Å²) in [4.78, 5) is 41.7. The number of amides is 2. The van der Waals surface area contributed by atoms with Crippen molar-refractivity contribution < 1.29 is 63.0 Å². The van der Waals surface area contributed by atoms with Gasteiger partial charge < -0.3 is 15.7 Å². The molecular formula is C33H43N4O13S4+. The number of aromatic nitrogens is 1. The largest absolute Gasteiger partial charge is 0.481 e. The Labute approximate surface area is 317 Å². The van der Waals surface area contributed by atoms with Crippen LogP contribution in [0.1, 0.15) is 85.3 Å². The van der Waals surface area contributed by atoms with Gasteiger partial charge in [0.25, 0.3) is 42.2 Å². The van der Waals surface area contributed by atoms with Gasteiger partial charge in [-0.2, -0.15) is 29.8 Å². The van der Waals surface area contributed by atoms with Crippen LogP contribution in [0.4, 0.5) is 5.69 Å². The van der Waals surface area contributed by atoms with Crippen LogP contribution in [0.2, 0.25) is 0 Å². The molecule has 0 spiro atoms. The standard InChI is InChI=1S/C33H42N4O13S4/c1-21-33(2,10-6-15-52(42,43)44)25-20-24(30-23(9-14-51-30)29(25)37(21)13-7-16-53(45,46)47)22-18-26(31(40)34-11-5-3-4-8-28(38)39)36-27(19-22)32(41)35-12-17-54(48,49)50/h9,14,18-20H,3-8,10-13,15-17H2,1-2H3,(H5-,34,35,38,39,40,41,42,43,44,45,46,47,48,49,50)/p+1. The van der Waals surface area contributed by atoms with Gasteiger partial charge in [-0.25, -0.2) is 4.98 Å². The average molecular weight is 832 g/mol. The summed E-state index contributed by atoms with van der Waals surface area (Å²) in [7, 11) is -12.9. The van der Waals surface area contributed by atoms with Crippen molar-refractivity contribution >= 4 is 81.0 Å². The van der Waals surface area contributed by atoms with Crippen molar-refractivity contribution in [3.05, 3.63) is 46.6 Å². The minimum absolute atomic E-state index is 0.00916. The monoisotopic (exact) mass is 831 g/mol. The molecule has 17 nitrogen and oxygen atoms in total. The van der Waals surface area contributed by atoms with E-state index >= 15 is 0 Å². The van der Waals surface area contributed by atoms with E-state index in [1.807, 2.05) is 35.9 Å². The fraction of sp³-hybridized carbons (Fsp3) is 0.485. The molecule has 0 aliphatic carbocycles. The molecule has 54 heavy (non-hydrogen) atoms. The number of nitrogens with zero attached hydrogens (tertiary/aromatic N) is 2. The third-order valence-electron chi connectivity index (χ3n) is 9.24. The summed E-state index contributed by atoms with van der Waals surface area (Å²) in [6.07, 6.45) is 1.84. The van der Waals surface area contributed by atoms with Crippen LogP contribution < -0.4 is 10.6 Å². The molecule has 0 saturated carbocycles. The number of unbranched alkanes of at least 4 members (excludes halogenated alkanes) is 2. The number of aliphatic carboxylic acids is 1. The number of carboxylic acids is 1. The molecule has 0 saturated heterocycles. The van der Waals surface area contributed by atoms with Gasteiger partial charge in [0.15, 0.2) is 5.71 Å². The summed E-state index contributed by atoms with van der Waals surface area (Å²) in [5.41, 5.74) is 1.97. The van der Waals surface area contributed by atoms with Crippen LogP contribution >= 0.6 is 11.3 Å². The highest BCUT2D eigenvalue weighted by molar-refractivity contribution is 7.86. The number of fused-ring (bicyclic) bond motifs is 3. The van der Waals surface area contributed by atoms with E-state index in [0.717, 1.165) is 27.0 Å². The quantitative estimate of drug-likeness (QED) is 0.0542. The molecule has 1 aliphatic rings. The number of thiophene rings is 1. The zero-order chi connectivity index (χ0) is 40.1. The first-order chi connectivity index (χ1) is 25.1. The molecule has 296 valence electrons. The number of hydrogen-bond acceptors (Lipinski definition) is 11. The van der Waals surface area contributed by atoms with Gasteiger partial charge in [-0.3, -0.25) is 28.0 Å². The second-order valence-corrected chi connectivity index (χ2v) is 18.8. The summed E-state index contributed by atoms with van der Waals surface area (Å²) in [6.45, 7) is 3.68. The zero-order valence-electron chi connectivity index (χ0n) is 29.6. The number of pyridine rings is 1. The van der Waals surface area contributed by atoms with Gasteiger partial charge in [-0.15, -0.1) is 11.3 Å². The molecule has 0 fully saturated rings. The number of rotatable bonds is 20. The predicted octanol–water partition coefficient (Wildman–Crippen LogP) is 3.28. The van der Waals surface area contributed by atoms with Gasteiger partial charge >= 0.3 is 5.97 Å². The van der Waals surface area contributed by atoms with Crippen molar-refractivity contribution in [2.75, 3.05) is 36.9 Å².